The second kappa shape index (κ2) is 7.80. The summed E-state index contributed by atoms with van der Waals surface area (Å²) in [6.07, 6.45) is 5.87. The van der Waals surface area contributed by atoms with Gasteiger partial charge >= 0.3 is 0 Å². The SMILES string of the molecule is O=C(NCCc1ccccn1)C1CC12CCN(Cc1ccc3nsnc3c1)CC2. The third kappa shape index (κ3) is 4.02. The molecule has 2 aromatic heterocycles. The smallest absolute Gasteiger partial charge is 0.223 e. The van der Waals surface area contributed by atoms with Gasteiger partial charge in [-0.15, -0.1) is 0 Å². The fraction of sp³-hybridized carbons (Fsp3) is 0.455. The van der Waals surface area contributed by atoms with Gasteiger partial charge in [-0.1, -0.05) is 12.1 Å². The fourth-order valence-corrected chi connectivity index (χ4v) is 5.11. The standard InChI is InChI=1S/C22H25N5OS/c28-21(24-10-6-17-3-1-2-9-23-17)18-14-22(18)7-11-27(12-8-22)15-16-4-5-19-20(13-16)26-29-25-19/h1-5,9,13,18H,6-8,10-12,14-15H2,(H,24,28). The van der Waals surface area contributed by atoms with Crippen LogP contribution in [-0.2, 0) is 17.8 Å². The molecule has 1 unspecified atom stereocenters. The summed E-state index contributed by atoms with van der Waals surface area (Å²) in [5.74, 6) is 0.432. The van der Waals surface area contributed by atoms with Crippen molar-refractivity contribution >= 4 is 28.7 Å². The van der Waals surface area contributed by atoms with Gasteiger partial charge in [-0.2, -0.15) is 8.75 Å². The molecule has 1 N–H and O–H groups in total. The van der Waals surface area contributed by atoms with Gasteiger partial charge in [0.15, 0.2) is 0 Å². The molecular formula is C22H25N5OS. The van der Waals surface area contributed by atoms with E-state index in [-0.39, 0.29) is 17.2 Å². The van der Waals surface area contributed by atoms with Gasteiger partial charge in [0.1, 0.15) is 11.0 Å². The molecule has 5 rings (SSSR count). The van der Waals surface area contributed by atoms with Crippen LogP contribution in [0.2, 0.25) is 0 Å². The Morgan fingerprint density at radius 1 is 1.17 bits per heavy atom. The number of hydrogen-bond acceptors (Lipinski definition) is 6. The molecule has 7 heteroatoms. The molecule has 1 spiro atoms. The first-order valence-corrected chi connectivity index (χ1v) is 11.1. The van der Waals surface area contributed by atoms with Crippen LogP contribution < -0.4 is 5.32 Å². The molecule has 1 aliphatic carbocycles. The predicted molar refractivity (Wildman–Crippen MR) is 113 cm³/mol. The van der Waals surface area contributed by atoms with Crippen molar-refractivity contribution < 1.29 is 4.79 Å². The van der Waals surface area contributed by atoms with Gasteiger partial charge in [0.25, 0.3) is 0 Å². The van der Waals surface area contributed by atoms with E-state index < -0.39 is 0 Å². The number of piperidine rings is 1. The Balaban J connectivity index is 1.09. The molecule has 1 saturated carbocycles. The maximum Gasteiger partial charge on any atom is 0.223 e. The second-order valence-corrected chi connectivity index (χ2v) is 8.87. The second-order valence-electron chi connectivity index (χ2n) is 8.34. The van der Waals surface area contributed by atoms with E-state index in [1.807, 2.05) is 18.2 Å². The first kappa shape index (κ1) is 18.6. The molecule has 29 heavy (non-hydrogen) atoms. The summed E-state index contributed by atoms with van der Waals surface area (Å²) in [4.78, 5) is 19.4. The Bertz CT molecular complexity index is 997. The van der Waals surface area contributed by atoms with Gasteiger partial charge in [-0.05, 0) is 67.6 Å². The summed E-state index contributed by atoms with van der Waals surface area (Å²) in [7, 11) is 0. The highest BCUT2D eigenvalue weighted by Crippen LogP contribution is 2.59. The minimum atomic E-state index is 0.200. The first-order chi connectivity index (χ1) is 14.2. The molecule has 150 valence electrons. The van der Waals surface area contributed by atoms with Gasteiger partial charge in [0, 0.05) is 37.3 Å². The number of aromatic nitrogens is 3. The number of benzene rings is 1. The van der Waals surface area contributed by atoms with Crippen LogP contribution in [0, 0.1) is 11.3 Å². The van der Waals surface area contributed by atoms with Crippen molar-refractivity contribution in [2.24, 2.45) is 11.3 Å². The molecule has 1 saturated heterocycles. The predicted octanol–water partition coefficient (Wildman–Crippen LogP) is 3.05. The van der Waals surface area contributed by atoms with E-state index in [9.17, 15) is 4.79 Å². The largest absolute Gasteiger partial charge is 0.355 e. The number of rotatable bonds is 6. The number of fused-ring (bicyclic) bond motifs is 1. The van der Waals surface area contributed by atoms with Crippen molar-refractivity contribution in [3.63, 3.8) is 0 Å². The molecule has 1 amide bonds. The molecule has 1 aliphatic heterocycles. The maximum absolute atomic E-state index is 12.6. The van der Waals surface area contributed by atoms with Crippen LogP contribution in [-0.4, -0.2) is 44.2 Å². The zero-order valence-corrected chi connectivity index (χ0v) is 17.2. The highest BCUT2D eigenvalue weighted by atomic mass is 32.1. The molecular weight excluding hydrogens is 382 g/mol. The normalized spacial score (nSPS) is 20.8. The lowest BCUT2D eigenvalue weighted by atomic mass is 9.90. The van der Waals surface area contributed by atoms with Crippen LogP contribution in [0.4, 0.5) is 0 Å². The van der Waals surface area contributed by atoms with Crippen LogP contribution in [0.5, 0.6) is 0 Å². The van der Waals surface area contributed by atoms with E-state index in [1.54, 1.807) is 6.20 Å². The Kier molecular flexibility index (Phi) is 5.01. The third-order valence-electron chi connectivity index (χ3n) is 6.49. The number of carbonyl (C=O) groups excluding carboxylic acids is 1. The average molecular weight is 408 g/mol. The van der Waals surface area contributed by atoms with Crippen LogP contribution >= 0.6 is 11.7 Å². The average Bonchev–Trinajstić information content (AvgIpc) is 3.24. The highest BCUT2D eigenvalue weighted by molar-refractivity contribution is 7.00. The number of hydrogen-bond donors (Lipinski definition) is 1. The Morgan fingerprint density at radius 2 is 2.03 bits per heavy atom. The zero-order valence-electron chi connectivity index (χ0n) is 16.4. The van der Waals surface area contributed by atoms with Gasteiger partial charge in [0.2, 0.25) is 5.91 Å². The Morgan fingerprint density at radius 3 is 2.86 bits per heavy atom. The zero-order chi connectivity index (χ0) is 19.7. The van der Waals surface area contributed by atoms with Gasteiger partial charge in [-0.3, -0.25) is 14.7 Å². The lowest BCUT2D eigenvalue weighted by Crippen LogP contribution is -2.37. The number of nitrogens with one attached hydrogen (secondary N) is 1. The summed E-state index contributed by atoms with van der Waals surface area (Å²) >= 11 is 1.27. The molecule has 1 aromatic carbocycles. The summed E-state index contributed by atoms with van der Waals surface area (Å²) in [6.45, 7) is 3.74. The molecule has 1 atom stereocenters. The van der Waals surface area contributed by atoms with Crippen LogP contribution in [0.25, 0.3) is 11.0 Å². The van der Waals surface area contributed by atoms with Crippen molar-refractivity contribution in [3.8, 4) is 0 Å². The minimum Gasteiger partial charge on any atom is -0.355 e. The third-order valence-corrected chi connectivity index (χ3v) is 7.05. The quantitative estimate of drug-likeness (QED) is 0.680. The van der Waals surface area contributed by atoms with E-state index in [0.717, 1.165) is 62.0 Å². The summed E-state index contributed by atoms with van der Waals surface area (Å²) in [6, 6.07) is 12.3. The Hall–Kier alpha value is -2.38. The molecule has 2 fully saturated rings. The lowest BCUT2D eigenvalue weighted by Gasteiger charge is -2.32. The summed E-state index contributed by atoms with van der Waals surface area (Å²) in [5.41, 5.74) is 4.53. The number of likely N-dealkylation sites (tertiary alicyclic amines) is 1. The van der Waals surface area contributed by atoms with Crippen molar-refractivity contribution in [2.45, 2.75) is 32.2 Å². The molecule has 3 heterocycles. The van der Waals surface area contributed by atoms with E-state index in [2.05, 4.69) is 42.1 Å². The molecule has 6 nitrogen and oxygen atoms in total. The summed E-state index contributed by atoms with van der Waals surface area (Å²) < 4.78 is 8.62. The highest BCUT2D eigenvalue weighted by Gasteiger charge is 2.58. The van der Waals surface area contributed by atoms with Crippen molar-refractivity contribution in [2.75, 3.05) is 19.6 Å². The van der Waals surface area contributed by atoms with Crippen LogP contribution in [0.3, 0.4) is 0 Å². The fourth-order valence-electron chi connectivity index (χ4n) is 4.59. The monoisotopic (exact) mass is 407 g/mol. The van der Waals surface area contributed by atoms with Gasteiger partial charge in [0.05, 0.1) is 11.7 Å². The molecule has 0 radical (unpaired) electrons. The van der Waals surface area contributed by atoms with E-state index in [0.29, 0.717) is 6.54 Å². The Labute approximate surface area is 174 Å². The van der Waals surface area contributed by atoms with Gasteiger partial charge < -0.3 is 5.32 Å². The van der Waals surface area contributed by atoms with E-state index >= 15 is 0 Å². The first-order valence-electron chi connectivity index (χ1n) is 10.3. The van der Waals surface area contributed by atoms with E-state index in [1.165, 1.54) is 17.3 Å². The van der Waals surface area contributed by atoms with Crippen molar-refractivity contribution in [3.05, 3.63) is 53.9 Å². The van der Waals surface area contributed by atoms with Gasteiger partial charge in [-0.25, -0.2) is 0 Å². The molecule has 0 bridgehead atoms. The molecule has 3 aromatic rings. The van der Waals surface area contributed by atoms with E-state index in [4.69, 9.17) is 0 Å². The van der Waals surface area contributed by atoms with Crippen LogP contribution in [0.1, 0.15) is 30.5 Å². The minimum absolute atomic E-state index is 0.200. The number of amides is 1. The van der Waals surface area contributed by atoms with Crippen LogP contribution in [0.15, 0.2) is 42.6 Å². The molecule has 2 aliphatic rings. The topological polar surface area (TPSA) is 71.0 Å². The lowest BCUT2D eigenvalue weighted by molar-refractivity contribution is -0.123. The maximum atomic E-state index is 12.6. The number of carbonyl (C=O) groups is 1. The number of pyridine rings is 1. The summed E-state index contributed by atoms with van der Waals surface area (Å²) in [5, 5.41) is 3.13. The van der Waals surface area contributed by atoms with Crippen molar-refractivity contribution in [1.29, 1.82) is 0 Å². The number of nitrogens with zero attached hydrogens (tertiary/aromatic N) is 4. The van der Waals surface area contributed by atoms with Crippen molar-refractivity contribution in [1.82, 2.24) is 23.9 Å².